The lowest BCUT2D eigenvalue weighted by Gasteiger charge is -2.45. The maximum Gasteiger partial charge on any atom is 0.0742 e. The van der Waals surface area contributed by atoms with Crippen molar-refractivity contribution in [1.82, 2.24) is 0 Å². The van der Waals surface area contributed by atoms with Crippen LogP contribution < -0.4 is 0 Å². The lowest BCUT2D eigenvalue weighted by molar-refractivity contribution is -0.149. The number of hydrogen-bond donors (Lipinski definition) is 1. The van der Waals surface area contributed by atoms with Crippen molar-refractivity contribution in [2.75, 3.05) is 6.61 Å². The SMILES string of the molecule is CC1CC(O)(C(C)(C)C)CCO1. The van der Waals surface area contributed by atoms with Gasteiger partial charge in [0.15, 0.2) is 0 Å². The summed E-state index contributed by atoms with van der Waals surface area (Å²) >= 11 is 0. The quantitative estimate of drug-likeness (QED) is 0.605. The largest absolute Gasteiger partial charge is 0.389 e. The van der Waals surface area contributed by atoms with Crippen LogP contribution >= 0.6 is 0 Å². The molecule has 2 atom stereocenters. The molecule has 0 aromatic heterocycles. The van der Waals surface area contributed by atoms with Gasteiger partial charge in [0.2, 0.25) is 0 Å². The zero-order valence-electron chi connectivity index (χ0n) is 8.55. The van der Waals surface area contributed by atoms with Crippen molar-refractivity contribution in [2.24, 2.45) is 5.41 Å². The molecule has 1 aliphatic heterocycles. The lowest BCUT2D eigenvalue weighted by atomic mass is 9.71. The minimum Gasteiger partial charge on any atom is -0.389 e. The van der Waals surface area contributed by atoms with E-state index < -0.39 is 5.60 Å². The van der Waals surface area contributed by atoms with Gasteiger partial charge < -0.3 is 9.84 Å². The Morgan fingerprint density at radius 1 is 1.42 bits per heavy atom. The van der Waals surface area contributed by atoms with Crippen LogP contribution in [0.15, 0.2) is 0 Å². The summed E-state index contributed by atoms with van der Waals surface area (Å²) in [4.78, 5) is 0. The molecule has 1 heterocycles. The molecule has 0 radical (unpaired) electrons. The molecular weight excluding hydrogens is 152 g/mol. The number of hydrogen-bond acceptors (Lipinski definition) is 2. The number of ether oxygens (including phenoxy) is 1. The third kappa shape index (κ3) is 1.80. The molecule has 1 fully saturated rings. The molecule has 1 saturated heterocycles. The second-order valence-corrected chi connectivity index (χ2v) is 4.92. The molecule has 2 nitrogen and oxygen atoms in total. The average Bonchev–Trinajstić information content (AvgIpc) is 1.83. The fraction of sp³-hybridized carbons (Fsp3) is 1.00. The summed E-state index contributed by atoms with van der Waals surface area (Å²) in [6, 6.07) is 0. The Labute approximate surface area is 74.9 Å². The Morgan fingerprint density at radius 3 is 2.33 bits per heavy atom. The maximum absolute atomic E-state index is 10.3. The second-order valence-electron chi connectivity index (χ2n) is 4.92. The summed E-state index contributed by atoms with van der Waals surface area (Å²) in [5, 5.41) is 10.3. The molecule has 0 saturated carbocycles. The Bertz CT molecular complexity index is 160. The molecule has 1 aliphatic rings. The Balaban J connectivity index is 2.70. The highest BCUT2D eigenvalue weighted by molar-refractivity contribution is 4.93. The fourth-order valence-corrected chi connectivity index (χ4v) is 1.75. The third-order valence-corrected chi connectivity index (χ3v) is 2.94. The Hall–Kier alpha value is -0.0800. The van der Waals surface area contributed by atoms with Crippen molar-refractivity contribution in [2.45, 2.75) is 52.2 Å². The van der Waals surface area contributed by atoms with Gasteiger partial charge in [0, 0.05) is 19.4 Å². The summed E-state index contributed by atoms with van der Waals surface area (Å²) in [6.45, 7) is 8.98. The number of rotatable bonds is 0. The first-order valence-corrected chi connectivity index (χ1v) is 4.69. The van der Waals surface area contributed by atoms with Crippen molar-refractivity contribution in [1.29, 1.82) is 0 Å². The summed E-state index contributed by atoms with van der Waals surface area (Å²) in [5.74, 6) is 0. The van der Waals surface area contributed by atoms with Gasteiger partial charge in [-0.05, 0) is 12.3 Å². The van der Waals surface area contributed by atoms with Crippen LogP contribution in [0, 0.1) is 5.41 Å². The van der Waals surface area contributed by atoms with Crippen LogP contribution in [0.3, 0.4) is 0 Å². The fourth-order valence-electron chi connectivity index (χ4n) is 1.75. The zero-order valence-corrected chi connectivity index (χ0v) is 8.55. The smallest absolute Gasteiger partial charge is 0.0742 e. The van der Waals surface area contributed by atoms with E-state index in [0.29, 0.717) is 6.61 Å². The van der Waals surface area contributed by atoms with E-state index in [9.17, 15) is 5.11 Å². The summed E-state index contributed by atoms with van der Waals surface area (Å²) in [6.07, 6.45) is 1.72. The summed E-state index contributed by atoms with van der Waals surface area (Å²) in [7, 11) is 0. The molecule has 1 rings (SSSR count). The van der Waals surface area contributed by atoms with E-state index >= 15 is 0 Å². The topological polar surface area (TPSA) is 29.5 Å². The monoisotopic (exact) mass is 172 g/mol. The highest BCUT2D eigenvalue weighted by Gasteiger charge is 2.43. The molecule has 0 aromatic rings. The van der Waals surface area contributed by atoms with E-state index in [1.165, 1.54) is 0 Å². The third-order valence-electron chi connectivity index (χ3n) is 2.94. The van der Waals surface area contributed by atoms with Crippen LogP contribution in [0.25, 0.3) is 0 Å². The first-order chi connectivity index (χ1) is 5.35. The first-order valence-electron chi connectivity index (χ1n) is 4.69. The molecule has 0 aromatic carbocycles. The lowest BCUT2D eigenvalue weighted by Crippen LogP contribution is -2.49. The molecule has 12 heavy (non-hydrogen) atoms. The van der Waals surface area contributed by atoms with Crippen LogP contribution in [0.5, 0.6) is 0 Å². The predicted molar refractivity (Wildman–Crippen MR) is 49.1 cm³/mol. The van der Waals surface area contributed by atoms with Gasteiger partial charge in [0.1, 0.15) is 0 Å². The van der Waals surface area contributed by atoms with Gasteiger partial charge >= 0.3 is 0 Å². The van der Waals surface area contributed by atoms with Crippen LogP contribution in [0.2, 0.25) is 0 Å². The van der Waals surface area contributed by atoms with Crippen molar-refractivity contribution < 1.29 is 9.84 Å². The van der Waals surface area contributed by atoms with Gasteiger partial charge in [-0.25, -0.2) is 0 Å². The Morgan fingerprint density at radius 2 is 2.00 bits per heavy atom. The normalized spacial score (nSPS) is 38.2. The van der Waals surface area contributed by atoms with Gasteiger partial charge in [-0.1, -0.05) is 20.8 Å². The van der Waals surface area contributed by atoms with Crippen molar-refractivity contribution >= 4 is 0 Å². The van der Waals surface area contributed by atoms with Gasteiger partial charge in [-0.3, -0.25) is 0 Å². The van der Waals surface area contributed by atoms with E-state index in [2.05, 4.69) is 20.8 Å². The Kier molecular flexibility index (Phi) is 2.50. The molecule has 2 heteroatoms. The van der Waals surface area contributed by atoms with Gasteiger partial charge in [0.05, 0.1) is 11.7 Å². The second kappa shape index (κ2) is 3.00. The van der Waals surface area contributed by atoms with E-state index in [-0.39, 0.29) is 11.5 Å². The van der Waals surface area contributed by atoms with Gasteiger partial charge in [-0.15, -0.1) is 0 Å². The minimum atomic E-state index is -0.537. The highest BCUT2D eigenvalue weighted by Crippen LogP contribution is 2.39. The van der Waals surface area contributed by atoms with Crippen LogP contribution in [0.4, 0.5) is 0 Å². The first kappa shape index (κ1) is 10.0. The van der Waals surface area contributed by atoms with Crippen molar-refractivity contribution in [3.8, 4) is 0 Å². The predicted octanol–water partition coefficient (Wildman–Crippen LogP) is 1.96. The van der Waals surface area contributed by atoms with Crippen LogP contribution in [-0.4, -0.2) is 23.4 Å². The molecule has 2 unspecified atom stereocenters. The molecule has 1 N–H and O–H groups in total. The molecule has 0 amide bonds. The molecule has 72 valence electrons. The molecule has 0 aliphatic carbocycles. The van der Waals surface area contributed by atoms with Gasteiger partial charge in [0.25, 0.3) is 0 Å². The maximum atomic E-state index is 10.3. The highest BCUT2D eigenvalue weighted by atomic mass is 16.5. The molecule has 0 spiro atoms. The minimum absolute atomic E-state index is 0.0367. The van der Waals surface area contributed by atoms with Crippen LogP contribution in [0.1, 0.15) is 40.5 Å². The summed E-state index contributed by atoms with van der Waals surface area (Å²) in [5.41, 5.74) is -0.574. The van der Waals surface area contributed by atoms with Crippen molar-refractivity contribution in [3.63, 3.8) is 0 Å². The number of aliphatic hydroxyl groups is 1. The van der Waals surface area contributed by atoms with Crippen molar-refractivity contribution in [3.05, 3.63) is 0 Å². The standard InChI is InChI=1S/C10H20O2/c1-8-7-10(11,5-6-12-8)9(2,3)4/h8,11H,5-7H2,1-4H3. The van der Waals surface area contributed by atoms with E-state index in [1.807, 2.05) is 6.92 Å². The van der Waals surface area contributed by atoms with Crippen LogP contribution in [-0.2, 0) is 4.74 Å². The van der Waals surface area contributed by atoms with Gasteiger partial charge in [-0.2, -0.15) is 0 Å². The summed E-state index contributed by atoms with van der Waals surface area (Å²) < 4.78 is 5.41. The zero-order chi connectivity index (χ0) is 9.41. The van der Waals surface area contributed by atoms with E-state index in [0.717, 1.165) is 12.8 Å². The molecular formula is C10H20O2. The van der Waals surface area contributed by atoms with E-state index in [4.69, 9.17) is 4.74 Å². The van der Waals surface area contributed by atoms with E-state index in [1.54, 1.807) is 0 Å². The molecule has 0 bridgehead atoms. The average molecular weight is 172 g/mol.